The number of carbonyl (C=O) groups excluding carboxylic acids is 1. The molecule has 5 rings (SSSR count). The van der Waals surface area contributed by atoms with Gasteiger partial charge in [0.1, 0.15) is 11.5 Å². The molecule has 2 aliphatic heterocycles. The molecule has 2 saturated heterocycles. The molecule has 1 aromatic carbocycles. The summed E-state index contributed by atoms with van der Waals surface area (Å²) in [6.07, 6.45) is 2.67. The molecule has 3 aromatic rings. The second kappa shape index (κ2) is 9.52. The summed E-state index contributed by atoms with van der Waals surface area (Å²) in [7, 11) is 1.60. The highest BCUT2D eigenvalue weighted by Gasteiger charge is 2.31. The number of pyridine rings is 1. The van der Waals surface area contributed by atoms with Gasteiger partial charge in [-0.1, -0.05) is 11.6 Å². The van der Waals surface area contributed by atoms with Crippen molar-refractivity contribution in [2.45, 2.75) is 25.3 Å². The van der Waals surface area contributed by atoms with Gasteiger partial charge in [-0.15, -0.1) is 0 Å². The van der Waals surface area contributed by atoms with Crippen LogP contribution < -0.4 is 15.8 Å². The van der Waals surface area contributed by atoms with Crippen LogP contribution in [0.3, 0.4) is 0 Å². The number of aryl methyl sites for hydroxylation is 1. The predicted octanol–water partition coefficient (Wildman–Crippen LogP) is 1.68. The maximum Gasteiger partial charge on any atom is 0.269 e. The van der Waals surface area contributed by atoms with Crippen LogP contribution in [0.1, 0.15) is 34.2 Å². The Hall–Kier alpha value is -3.30. The van der Waals surface area contributed by atoms with E-state index >= 15 is 0 Å². The van der Waals surface area contributed by atoms with Crippen molar-refractivity contribution in [1.82, 2.24) is 25.2 Å². The smallest absolute Gasteiger partial charge is 0.269 e. The van der Waals surface area contributed by atoms with Crippen molar-refractivity contribution >= 4 is 22.5 Å². The Morgan fingerprint density at radius 2 is 1.97 bits per heavy atom. The van der Waals surface area contributed by atoms with Crippen LogP contribution in [0, 0.1) is 6.92 Å². The van der Waals surface area contributed by atoms with Gasteiger partial charge in [0.25, 0.3) is 11.5 Å². The van der Waals surface area contributed by atoms with Gasteiger partial charge in [0.2, 0.25) is 0 Å². The van der Waals surface area contributed by atoms with Gasteiger partial charge in [0.15, 0.2) is 0 Å². The number of rotatable bonds is 4. The summed E-state index contributed by atoms with van der Waals surface area (Å²) in [5.74, 6) is 0.601. The summed E-state index contributed by atoms with van der Waals surface area (Å²) >= 11 is 0. The van der Waals surface area contributed by atoms with E-state index in [4.69, 9.17) is 9.72 Å². The molecule has 2 fully saturated rings. The summed E-state index contributed by atoms with van der Waals surface area (Å²) in [5, 5.41) is 3.22. The van der Waals surface area contributed by atoms with Gasteiger partial charge >= 0.3 is 0 Å². The molecule has 2 aromatic heterocycles. The van der Waals surface area contributed by atoms with Gasteiger partial charge < -0.3 is 19.9 Å². The maximum absolute atomic E-state index is 12.6. The van der Waals surface area contributed by atoms with Gasteiger partial charge in [-0.2, -0.15) is 0 Å². The molecule has 9 nitrogen and oxygen atoms in total. The quantitative estimate of drug-likeness (QED) is 0.608. The monoisotopic (exact) mass is 462 g/mol. The molecule has 0 bridgehead atoms. The minimum Gasteiger partial charge on any atom is -0.379 e. The molecule has 0 unspecified atom stereocenters. The largest absolute Gasteiger partial charge is 0.379 e. The number of benzene rings is 1. The molecule has 2 aliphatic rings. The van der Waals surface area contributed by atoms with Crippen molar-refractivity contribution in [2.24, 2.45) is 0 Å². The first-order valence-corrected chi connectivity index (χ1v) is 11.8. The molecule has 0 saturated carbocycles. The molecular weight excluding hydrogens is 432 g/mol. The van der Waals surface area contributed by atoms with E-state index in [-0.39, 0.29) is 23.4 Å². The van der Waals surface area contributed by atoms with Crippen LogP contribution >= 0.6 is 0 Å². The zero-order chi connectivity index (χ0) is 23.7. The predicted molar refractivity (Wildman–Crippen MR) is 130 cm³/mol. The number of aromatic amines is 1. The van der Waals surface area contributed by atoms with E-state index in [9.17, 15) is 9.59 Å². The Balaban J connectivity index is 1.23. The van der Waals surface area contributed by atoms with E-state index in [2.05, 4.69) is 25.1 Å². The number of aromatic nitrogens is 3. The Morgan fingerprint density at radius 1 is 1.15 bits per heavy atom. The zero-order valence-electron chi connectivity index (χ0n) is 19.6. The molecule has 0 aliphatic carbocycles. The molecule has 178 valence electrons. The van der Waals surface area contributed by atoms with Gasteiger partial charge in [-0.25, -0.2) is 9.97 Å². The highest BCUT2D eigenvalue weighted by atomic mass is 16.5. The van der Waals surface area contributed by atoms with E-state index in [1.165, 1.54) is 0 Å². The number of amides is 1. The number of nitrogens with one attached hydrogen (secondary N) is 2. The van der Waals surface area contributed by atoms with Gasteiger partial charge in [-0.05, 0) is 37.6 Å². The number of nitrogens with zero attached hydrogens (tertiary/aromatic N) is 4. The fourth-order valence-corrected chi connectivity index (χ4v) is 4.90. The minimum atomic E-state index is -0.180. The van der Waals surface area contributed by atoms with Crippen molar-refractivity contribution in [3.63, 3.8) is 0 Å². The fraction of sp³-hybridized carbons (Fsp3) is 0.440. The van der Waals surface area contributed by atoms with Crippen LogP contribution in [0.5, 0.6) is 0 Å². The van der Waals surface area contributed by atoms with E-state index in [0.717, 1.165) is 49.4 Å². The molecule has 9 heteroatoms. The molecule has 4 heterocycles. The second-order valence-electron chi connectivity index (χ2n) is 9.10. The first-order chi connectivity index (χ1) is 16.5. The number of H-pyrrole nitrogens is 1. The van der Waals surface area contributed by atoms with Crippen molar-refractivity contribution in [1.29, 1.82) is 0 Å². The lowest BCUT2D eigenvalue weighted by atomic mass is 9.95. The second-order valence-corrected chi connectivity index (χ2v) is 9.10. The highest BCUT2D eigenvalue weighted by molar-refractivity contribution is 5.92. The lowest BCUT2D eigenvalue weighted by Crippen LogP contribution is -2.53. The third-order valence-electron chi connectivity index (χ3n) is 6.86. The Bertz CT molecular complexity index is 1230. The zero-order valence-corrected chi connectivity index (χ0v) is 19.6. The average molecular weight is 463 g/mol. The first kappa shape index (κ1) is 22.5. The minimum absolute atomic E-state index is 0.0663. The van der Waals surface area contributed by atoms with Gasteiger partial charge in [-0.3, -0.25) is 14.5 Å². The summed E-state index contributed by atoms with van der Waals surface area (Å²) in [6, 6.07) is 9.79. The van der Waals surface area contributed by atoms with Crippen LogP contribution in [0.2, 0.25) is 0 Å². The Kier molecular flexibility index (Phi) is 6.30. The number of carbonyl (C=O) groups is 1. The molecule has 2 atom stereocenters. The van der Waals surface area contributed by atoms with E-state index in [1.54, 1.807) is 19.3 Å². The number of hydrogen-bond donors (Lipinski definition) is 2. The number of piperazine rings is 1. The summed E-state index contributed by atoms with van der Waals surface area (Å²) in [6.45, 7) is 6.83. The first-order valence-electron chi connectivity index (χ1n) is 11.8. The topological polar surface area (TPSA) is 103 Å². The fourth-order valence-electron chi connectivity index (χ4n) is 4.90. The highest BCUT2D eigenvalue weighted by Crippen LogP contribution is 2.27. The van der Waals surface area contributed by atoms with Gasteiger partial charge in [0.05, 0.1) is 36.0 Å². The van der Waals surface area contributed by atoms with E-state index in [1.807, 2.05) is 31.2 Å². The van der Waals surface area contributed by atoms with E-state index in [0.29, 0.717) is 30.1 Å². The average Bonchev–Trinajstić information content (AvgIpc) is 2.89. The van der Waals surface area contributed by atoms with Crippen molar-refractivity contribution in [2.75, 3.05) is 51.3 Å². The number of hydrogen-bond acceptors (Lipinski definition) is 7. The standard InChI is InChI=1S/C25H30N6O3/c1-16-3-5-21-20(11-16)24(32)29-23(28-21)17-12-19(15-34-14-17)31-9-7-30(8-10-31)18-4-6-22(27-13-18)25(33)26-2/h3-6,11,13,17,19H,7-10,12,14-15H2,1-2H3,(H,26,33)(H,28,29,32)/t17-,19+/m0/s1. The normalized spacial score (nSPS) is 21.5. The molecular formula is C25H30N6O3. The van der Waals surface area contributed by atoms with Crippen molar-refractivity contribution in [3.05, 3.63) is 64.0 Å². The summed E-state index contributed by atoms with van der Waals surface area (Å²) in [5.41, 5.74) is 3.14. The molecule has 0 radical (unpaired) electrons. The van der Waals surface area contributed by atoms with Crippen LogP contribution in [-0.2, 0) is 4.74 Å². The van der Waals surface area contributed by atoms with Crippen LogP contribution in [0.4, 0.5) is 5.69 Å². The van der Waals surface area contributed by atoms with E-state index < -0.39 is 0 Å². The molecule has 1 amide bonds. The third kappa shape index (κ3) is 4.53. The summed E-state index contributed by atoms with van der Waals surface area (Å²) < 4.78 is 5.97. The van der Waals surface area contributed by atoms with Crippen LogP contribution in [0.25, 0.3) is 10.9 Å². The SMILES string of the molecule is CNC(=O)c1ccc(N2CCN([C@H]3COC[C@@H](c4nc5ccc(C)cc5c(=O)[nH]4)C3)CC2)cn1. The lowest BCUT2D eigenvalue weighted by molar-refractivity contribution is 0.00213. The Labute approximate surface area is 198 Å². The summed E-state index contributed by atoms with van der Waals surface area (Å²) in [4.78, 5) is 41.2. The van der Waals surface area contributed by atoms with Gasteiger partial charge in [0, 0.05) is 45.2 Å². The third-order valence-corrected chi connectivity index (χ3v) is 6.86. The maximum atomic E-state index is 12.6. The van der Waals surface area contributed by atoms with Crippen LogP contribution in [-0.4, -0.2) is 78.2 Å². The van der Waals surface area contributed by atoms with Crippen LogP contribution in [0.15, 0.2) is 41.3 Å². The lowest BCUT2D eigenvalue weighted by Gasteiger charge is -2.42. The van der Waals surface area contributed by atoms with Crippen molar-refractivity contribution in [3.8, 4) is 0 Å². The number of anilines is 1. The molecule has 34 heavy (non-hydrogen) atoms. The number of ether oxygens (including phenoxy) is 1. The number of fused-ring (bicyclic) bond motifs is 1. The molecule has 0 spiro atoms. The Morgan fingerprint density at radius 3 is 2.71 bits per heavy atom. The van der Waals surface area contributed by atoms with Crippen molar-refractivity contribution < 1.29 is 9.53 Å². The molecule has 2 N–H and O–H groups in total.